The molecule has 150 valence electrons. The molecule has 0 atom stereocenters. The summed E-state index contributed by atoms with van der Waals surface area (Å²) in [6.07, 6.45) is 2.31. The molecule has 3 heterocycles. The second-order valence-electron chi connectivity index (χ2n) is 7.99. The van der Waals surface area contributed by atoms with Crippen LogP contribution in [0.3, 0.4) is 0 Å². The van der Waals surface area contributed by atoms with E-state index < -0.39 is 0 Å². The molecule has 2 aromatic heterocycles. The average Bonchev–Trinajstić information content (AvgIpc) is 3.47. The highest BCUT2D eigenvalue weighted by atomic mass is 16.5. The number of carbonyl (C=O) groups is 1. The van der Waals surface area contributed by atoms with Crippen molar-refractivity contribution in [2.75, 3.05) is 20.2 Å². The minimum absolute atomic E-state index is 0.0141. The molecule has 8 nitrogen and oxygen atoms in total. The van der Waals surface area contributed by atoms with Crippen LogP contribution in [0.15, 0.2) is 35.1 Å². The van der Waals surface area contributed by atoms with Crippen molar-refractivity contribution in [3.8, 4) is 5.88 Å². The zero-order chi connectivity index (χ0) is 20.1. The molecular formula is C21H23N5O3. The lowest BCUT2D eigenvalue weighted by Gasteiger charge is -2.39. The van der Waals surface area contributed by atoms with E-state index in [1.165, 1.54) is 0 Å². The topological polar surface area (TPSA) is 82.2 Å². The maximum atomic E-state index is 12.8. The van der Waals surface area contributed by atoms with Gasteiger partial charge in [-0.05, 0) is 37.1 Å². The van der Waals surface area contributed by atoms with E-state index >= 15 is 0 Å². The van der Waals surface area contributed by atoms with Gasteiger partial charge in [-0.2, -0.15) is 10.2 Å². The Morgan fingerprint density at radius 3 is 2.69 bits per heavy atom. The second-order valence-corrected chi connectivity index (χ2v) is 7.99. The predicted molar refractivity (Wildman–Crippen MR) is 107 cm³/mol. The summed E-state index contributed by atoms with van der Waals surface area (Å²) in [6, 6.07) is 8.94. The smallest absolute Gasteiger partial charge is 0.266 e. The quantitative estimate of drug-likeness (QED) is 0.660. The van der Waals surface area contributed by atoms with Gasteiger partial charge in [0.1, 0.15) is 0 Å². The fourth-order valence-electron chi connectivity index (χ4n) is 4.02. The molecule has 1 aliphatic heterocycles. The van der Waals surface area contributed by atoms with E-state index in [1.807, 2.05) is 30.1 Å². The molecule has 0 spiro atoms. The largest absolute Gasteiger partial charge is 0.481 e. The van der Waals surface area contributed by atoms with Crippen LogP contribution in [0.2, 0.25) is 0 Å². The van der Waals surface area contributed by atoms with Crippen molar-refractivity contribution in [3.05, 3.63) is 51.9 Å². The maximum absolute atomic E-state index is 12.8. The molecule has 5 rings (SSSR count). The van der Waals surface area contributed by atoms with Crippen LogP contribution in [0.5, 0.6) is 5.88 Å². The highest BCUT2D eigenvalue weighted by Crippen LogP contribution is 2.38. The zero-order valence-corrected chi connectivity index (χ0v) is 16.5. The van der Waals surface area contributed by atoms with Crippen molar-refractivity contribution in [3.63, 3.8) is 0 Å². The number of methoxy groups -OCH3 is 1. The Kier molecular flexibility index (Phi) is 4.15. The van der Waals surface area contributed by atoms with Crippen LogP contribution in [0.1, 0.15) is 34.8 Å². The lowest BCUT2D eigenvalue weighted by molar-refractivity contribution is 0.0458. The van der Waals surface area contributed by atoms with E-state index in [2.05, 4.69) is 10.2 Å². The number of aryl methyl sites for hydroxylation is 1. The van der Waals surface area contributed by atoms with Gasteiger partial charge in [0.15, 0.2) is 0 Å². The number of benzene rings is 1. The molecule has 0 radical (unpaired) electrons. The monoisotopic (exact) mass is 393 g/mol. The number of fused-ring (bicyclic) bond motifs is 1. The van der Waals surface area contributed by atoms with E-state index in [9.17, 15) is 9.59 Å². The van der Waals surface area contributed by atoms with E-state index in [-0.39, 0.29) is 17.4 Å². The van der Waals surface area contributed by atoms with Gasteiger partial charge in [-0.1, -0.05) is 0 Å². The second kappa shape index (κ2) is 6.72. The standard InChI is InChI=1S/C21H23N5O3/c1-24-21(29-2)16-6-5-15(9-18(16)22-24)20(28)25-10-13(11-25)12-26-19(27)8-7-17(23-26)14-3-4-14/h5-9,13-14H,3-4,10-12H2,1-2H3. The molecule has 0 N–H and O–H groups in total. The maximum Gasteiger partial charge on any atom is 0.266 e. The fraction of sp³-hybridized carbons (Fsp3) is 0.429. The first-order chi connectivity index (χ1) is 14.0. The number of ether oxygens (including phenoxy) is 1. The average molecular weight is 393 g/mol. The number of hydrogen-bond donors (Lipinski definition) is 0. The van der Waals surface area contributed by atoms with Gasteiger partial charge < -0.3 is 9.64 Å². The Morgan fingerprint density at radius 1 is 1.17 bits per heavy atom. The summed E-state index contributed by atoms with van der Waals surface area (Å²) in [7, 11) is 3.42. The Bertz CT molecular complexity index is 1150. The summed E-state index contributed by atoms with van der Waals surface area (Å²) in [5.74, 6) is 1.42. The van der Waals surface area contributed by atoms with Crippen molar-refractivity contribution >= 4 is 16.8 Å². The SMILES string of the molecule is COc1c2ccc(C(=O)N3CC(Cn4nc(C5CC5)ccc4=O)C3)cc2nn1C. The summed E-state index contributed by atoms with van der Waals surface area (Å²) in [5, 5.41) is 9.81. The summed E-state index contributed by atoms with van der Waals surface area (Å²) in [4.78, 5) is 26.7. The van der Waals surface area contributed by atoms with Crippen LogP contribution in [0.4, 0.5) is 0 Å². The molecule has 1 aromatic carbocycles. The molecule has 2 aliphatic rings. The van der Waals surface area contributed by atoms with Crippen molar-refractivity contribution < 1.29 is 9.53 Å². The Hall–Kier alpha value is -3.16. The van der Waals surface area contributed by atoms with E-state index in [1.54, 1.807) is 28.6 Å². The van der Waals surface area contributed by atoms with Gasteiger partial charge in [-0.25, -0.2) is 9.36 Å². The van der Waals surface area contributed by atoms with Crippen LogP contribution in [-0.2, 0) is 13.6 Å². The van der Waals surface area contributed by atoms with E-state index in [4.69, 9.17) is 4.74 Å². The number of likely N-dealkylation sites (tertiary alicyclic amines) is 1. The highest BCUT2D eigenvalue weighted by Gasteiger charge is 2.32. The molecule has 1 saturated heterocycles. The molecule has 2 fully saturated rings. The Labute approximate surface area is 167 Å². The van der Waals surface area contributed by atoms with Gasteiger partial charge in [0, 0.05) is 43.6 Å². The molecule has 8 heteroatoms. The van der Waals surface area contributed by atoms with Crippen LogP contribution >= 0.6 is 0 Å². The van der Waals surface area contributed by atoms with Crippen LogP contribution in [-0.4, -0.2) is 50.6 Å². The van der Waals surface area contributed by atoms with Crippen LogP contribution < -0.4 is 10.3 Å². The van der Waals surface area contributed by atoms with Gasteiger partial charge >= 0.3 is 0 Å². The molecule has 1 saturated carbocycles. The van der Waals surface area contributed by atoms with Crippen LogP contribution in [0.25, 0.3) is 10.9 Å². The number of hydrogen-bond acceptors (Lipinski definition) is 5. The summed E-state index contributed by atoms with van der Waals surface area (Å²) >= 11 is 0. The predicted octanol–water partition coefficient (Wildman–Crippen LogP) is 1.79. The summed E-state index contributed by atoms with van der Waals surface area (Å²) in [5.41, 5.74) is 2.28. The molecular weight excluding hydrogens is 370 g/mol. The fourth-order valence-corrected chi connectivity index (χ4v) is 4.02. The number of rotatable bonds is 5. The van der Waals surface area contributed by atoms with E-state index in [0.29, 0.717) is 37.0 Å². The molecule has 3 aromatic rings. The molecule has 1 aliphatic carbocycles. The minimum atomic E-state index is -0.0753. The normalized spacial score (nSPS) is 16.8. The summed E-state index contributed by atoms with van der Waals surface area (Å²) in [6.45, 7) is 1.81. The van der Waals surface area contributed by atoms with Crippen LogP contribution in [0, 0.1) is 5.92 Å². The van der Waals surface area contributed by atoms with Gasteiger partial charge in [0.2, 0.25) is 5.88 Å². The zero-order valence-electron chi connectivity index (χ0n) is 16.5. The lowest BCUT2D eigenvalue weighted by atomic mass is 9.98. The van der Waals surface area contributed by atoms with Gasteiger partial charge in [-0.3, -0.25) is 9.59 Å². The van der Waals surface area contributed by atoms with Gasteiger partial charge in [-0.15, -0.1) is 0 Å². The van der Waals surface area contributed by atoms with Crippen molar-refractivity contribution in [2.24, 2.45) is 13.0 Å². The minimum Gasteiger partial charge on any atom is -0.481 e. The first kappa shape index (κ1) is 17.9. The summed E-state index contributed by atoms with van der Waals surface area (Å²) < 4.78 is 8.58. The third-order valence-corrected chi connectivity index (χ3v) is 5.78. The molecule has 0 bridgehead atoms. The molecule has 1 amide bonds. The van der Waals surface area contributed by atoms with Crippen molar-refractivity contribution in [1.82, 2.24) is 24.5 Å². The van der Waals surface area contributed by atoms with E-state index in [0.717, 1.165) is 29.4 Å². The first-order valence-electron chi connectivity index (χ1n) is 9.91. The van der Waals surface area contributed by atoms with Gasteiger partial charge in [0.25, 0.3) is 11.5 Å². The van der Waals surface area contributed by atoms with Crippen molar-refractivity contribution in [1.29, 1.82) is 0 Å². The van der Waals surface area contributed by atoms with Gasteiger partial charge in [0.05, 0.1) is 30.3 Å². The Morgan fingerprint density at radius 2 is 1.97 bits per heavy atom. The third kappa shape index (κ3) is 3.18. The number of amides is 1. The lowest BCUT2D eigenvalue weighted by Crippen LogP contribution is -2.52. The highest BCUT2D eigenvalue weighted by molar-refractivity contribution is 5.99. The number of nitrogens with zero attached hydrogens (tertiary/aromatic N) is 5. The third-order valence-electron chi connectivity index (χ3n) is 5.78. The molecule has 0 unspecified atom stereocenters. The Balaban J connectivity index is 1.26. The number of aromatic nitrogens is 4. The first-order valence-corrected chi connectivity index (χ1v) is 9.91. The number of carbonyl (C=O) groups excluding carboxylic acids is 1. The van der Waals surface area contributed by atoms with Crippen molar-refractivity contribution in [2.45, 2.75) is 25.3 Å². The molecule has 29 heavy (non-hydrogen) atoms.